The molecule has 8 nitrogen and oxygen atoms in total. The zero-order valence-electron chi connectivity index (χ0n) is 19.1. The summed E-state index contributed by atoms with van der Waals surface area (Å²) in [6.45, 7) is 0.116. The Morgan fingerprint density at radius 2 is 1.94 bits per heavy atom. The van der Waals surface area contributed by atoms with E-state index in [2.05, 4.69) is 9.97 Å². The molecule has 1 amide bonds. The van der Waals surface area contributed by atoms with Gasteiger partial charge in [0.1, 0.15) is 30.0 Å². The maximum atomic E-state index is 15.1. The Balaban J connectivity index is 1.41. The molecule has 2 atom stereocenters. The van der Waals surface area contributed by atoms with Gasteiger partial charge in [-0.2, -0.15) is 0 Å². The molecule has 5 rings (SSSR count). The molecule has 1 fully saturated rings. The molecule has 0 spiro atoms. The van der Waals surface area contributed by atoms with Gasteiger partial charge in [-0.05, 0) is 29.7 Å². The van der Waals surface area contributed by atoms with Gasteiger partial charge in [0.2, 0.25) is 5.91 Å². The molecule has 0 saturated carbocycles. The largest absolute Gasteiger partial charge is 0.473 e. The SMILES string of the molecule is O=C(CO)N1CC=C(c2cc(F)c(-c3nc4cc(O[C@@H]5CO[C@H](CO)C5)[nH]c4cc3F)c(F)c2)CC1. The fraction of sp³-hybridized carbons (Fsp3) is 0.360. The van der Waals surface area contributed by atoms with Gasteiger partial charge in [-0.25, -0.2) is 18.2 Å². The number of aromatic nitrogens is 2. The van der Waals surface area contributed by atoms with Crippen LogP contribution in [0.3, 0.4) is 0 Å². The minimum absolute atomic E-state index is 0.113. The number of aliphatic hydroxyl groups excluding tert-OH is 2. The molecule has 11 heteroatoms. The summed E-state index contributed by atoms with van der Waals surface area (Å²) in [6.07, 6.45) is 1.93. The smallest absolute Gasteiger partial charge is 0.248 e. The second-order valence-corrected chi connectivity index (χ2v) is 8.79. The summed E-state index contributed by atoms with van der Waals surface area (Å²) >= 11 is 0. The van der Waals surface area contributed by atoms with Crippen LogP contribution in [-0.4, -0.2) is 76.1 Å². The van der Waals surface area contributed by atoms with Crippen molar-refractivity contribution in [2.75, 3.05) is 32.9 Å². The van der Waals surface area contributed by atoms with Crippen LogP contribution in [0.2, 0.25) is 0 Å². The second kappa shape index (κ2) is 9.92. The first-order chi connectivity index (χ1) is 17.4. The number of carbonyl (C=O) groups is 1. The van der Waals surface area contributed by atoms with Crippen LogP contribution >= 0.6 is 0 Å². The number of hydrogen-bond acceptors (Lipinski definition) is 6. The van der Waals surface area contributed by atoms with E-state index in [-0.39, 0.29) is 30.9 Å². The Morgan fingerprint density at radius 3 is 2.58 bits per heavy atom. The number of fused-ring (bicyclic) bond motifs is 1. The van der Waals surface area contributed by atoms with Crippen LogP contribution in [-0.2, 0) is 9.53 Å². The van der Waals surface area contributed by atoms with Crippen molar-refractivity contribution in [1.29, 1.82) is 0 Å². The van der Waals surface area contributed by atoms with Crippen LogP contribution in [0.1, 0.15) is 18.4 Å². The van der Waals surface area contributed by atoms with Crippen molar-refractivity contribution in [2.45, 2.75) is 25.0 Å². The molecule has 3 aromatic rings. The Kier molecular flexibility index (Phi) is 6.69. The minimum atomic E-state index is -0.962. The number of hydrogen-bond donors (Lipinski definition) is 3. The van der Waals surface area contributed by atoms with Crippen molar-refractivity contribution in [3.05, 3.63) is 53.4 Å². The summed E-state index contributed by atoms with van der Waals surface area (Å²) in [6, 6.07) is 4.88. The highest BCUT2D eigenvalue weighted by Crippen LogP contribution is 2.34. The van der Waals surface area contributed by atoms with Gasteiger partial charge in [-0.15, -0.1) is 0 Å². The van der Waals surface area contributed by atoms with E-state index in [9.17, 15) is 14.3 Å². The number of H-pyrrole nitrogens is 1. The number of nitrogens with zero attached hydrogens (tertiary/aromatic N) is 2. The first-order valence-electron chi connectivity index (χ1n) is 11.5. The van der Waals surface area contributed by atoms with Gasteiger partial charge >= 0.3 is 0 Å². The van der Waals surface area contributed by atoms with Crippen molar-refractivity contribution >= 4 is 22.5 Å². The molecule has 0 bridgehead atoms. The van der Waals surface area contributed by atoms with Crippen molar-refractivity contribution in [1.82, 2.24) is 14.9 Å². The number of pyridine rings is 1. The average molecular weight is 503 g/mol. The molecule has 0 radical (unpaired) electrons. The van der Waals surface area contributed by atoms with E-state index < -0.39 is 41.2 Å². The molecule has 2 aromatic heterocycles. The molecule has 2 aliphatic heterocycles. The Labute approximate surface area is 204 Å². The standard InChI is InChI=1S/C25H24F3N3O5/c26-17-5-14(13-1-3-31(4-2-13)23(34)11-33)6-18(27)24(17)25-19(28)8-20-21(30-25)9-22(29-20)36-16-7-15(10-32)35-12-16/h1,5-6,8-9,15-16,29,32-33H,2-4,7,10-12H2/t15-,16-/m0/s1. The monoisotopic (exact) mass is 503 g/mol. The van der Waals surface area contributed by atoms with Gasteiger partial charge in [0.15, 0.2) is 11.7 Å². The number of amides is 1. The number of carbonyl (C=O) groups excluding carboxylic acids is 1. The van der Waals surface area contributed by atoms with Gasteiger partial charge in [0.25, 0.3) is 0 Å². The van der Waals surface area contributed by atoms with Gasteiger partial charge in [0.05, 0.1) is 35.9 Å². The molecule has 0 aliphatic carbocycles. The van der Waals surface area contributed by atoms with Crippen molar-refractivity contribution in [2.24, 2.45) is 0 Å². The molecule has 36 heavy (non-hydrogen) atoms. The van der Waals surface area contributed by atoms with E-state index in [1.807, 2.05) is 0 Å². The first-order valence-corrected chi connectivity index (χ1v) is 11.5. The highest BCUT2D eigenvalue weighted by atomic mass is 19.1. The zero-order chi connectivity index (χ0) is 25.4. The Bertz CT molecular complexity index is 1320. The lowest BCUT2D eigenvalue weighted by atomic mass is 9.96. The van der Waals surface area contributed by atoms with Gasteiger partial charge < -0.3 is 29.6 Å². The number of rotatable bonds is 6. The van der Waals surface area contributed by atoms with E-state index in [0.717, 1.165) is 18.2 Å². The number of aliphatic hydroxyl groups is 2. The first kappa shape index (κ1) is 24.3. The highest BCUT2D eigenvalue weighted by molar-refractivity contribution is 5.82. The lowest BCUT2D eigenvalue weighted by Crippen LogP contribution is -2.36. The van der Waals surface area contributed by atoms with Crippen molar-refractivity contribution in [3.63, 3.8) is 0 Å². The van der Waals surface area contributed by atoms with Gasteiger partial charge in [-0.3, -0.25) is 4.79 Å². The molecule has 0 unspecified atom stereocenters. The minimum Gasteiger partial charge on any atom is -0.473 e. The summed E-state index contributed by atoms with van der Waals surface area (Å²) in [5, 5.41) is 18.2. The van der Waals surface area contributed by atoms with Crippen molar-refractivity contribution in [3.8, 4) is 17.1 Å². The summed E-state index contributed by atoms with van der Waals surface area (Å²) in [4.78, 5) is 20.1. The van der Waals surface area contributed by atoms with Crippen LogP contribution < -0.4 is 4.74 Å². The summed E-state index contributed by atoms with van der Waals surface area (Å²) < 4.78 is 56.3. The molecule has 1 saturated heterocycles. The molecular formula is C25H24F3N3O5. The number of nitrogens with one attached hydrogen (secondary N) is 1. The predicted molar refractivity (Wildman–Crippen MR) is 124 cm³/mol. The summed E-state index contributed by atoms with van der Waals surface area (Å²) in [5.74, 6) is -2.94. The molecule has 2 aliphatic rings. The number of aromatic amines is 1. The Morgan fingerprint density at radius 1 is 1.17 bits per heavy atom. The Hall–Kier alpha value is -3.41. The lowest BCUT2D eigenvalue weighted by Gasteiger charge is -2.26. The predicted octanol–water partition coefficient (Wildman–Crippen LogP) is 2.78. The van der Waals surface area contributed by atoms with E-state index in [0.29, 0.717) is 48.5 Å². The normalized spacial score (nSPS) is 20.1. The third kappa shape index (κ3) is 4.69. The molecular weight excluding hydrogens is 479 g/mol. The van der Waals surface area contributed by atoms with Crippen LogP contribution in [0.4, 0.5) is 13.2 Å². The number of ether oxygens (including phenoxy) is 2. The molecule has 190 valence electrons. The van der Waals surface area contributed by atoms with E-state index >= 15 is 8.78 Å². The fourth-order valence-electron chi connectivity index (χ4n) is 4.55. The fourth-order valence-corrected chi connectivity index (χ4v) is 4.55. The quantitative estimate of drug-likeness (QED) is 0.478. The van der Waals surface area contributed by atoms with Crippen molar-refractivity contribution < 1.29 is 37.7 Å². The molecule has 4 heterocycles. The van der Waals surface area contributed by atoms with Crippen LogP contribution in [0.5, 0.6) is 5.88 Å². The van der Waals surface area contributed by atoms with Gasteiger partial charge in [0, 0.05) is 31.6 Å². The molecule has 1 aromatic carbocycles. The van der Waals surface area contributed by atoms with Crippen LogP contribution in [0, 0.1) is 17.5 Å². The maximum Gasteiger partial charge on any atom is 0.248 e. The maximum absolute atomic E-state index is 15.1. The number of halogens is 3. The average Bonchev–Trinajstić information content (AvgIpc) is 3.49. The van der Waals surface area contributed by atoms with E-state index in [1.165, 1.54) is 11.0 Å². The summed E-state index contributed by atoms with van der Waals surface area (Å²) in [5.41, 5.74) is 0.476. The molecule has 3 N–H and O–H groups in total. The second-order valence-electron chi connectivity index (χ2n) is 8.79. The topological polar surface area (TPSA) is 108 Å². The van der Waals surface area contributed by atoms with E-state index in [1.54, 1.807) is 6.08 Å². The summed E-state index contributed by atoms with van der Waals surface area (Å²) in [7, 11) is 0. The highest BCUT2D eigenvalue weighted by Gasteiger charge is 2.27. The van der Waals surface area contributed by atoms with Crippen LogP contribution in [0.25, 0.3) is 27.9 Å². The lowest BCUT2D eigenvalue weighted by molar-refractivity contribution is -0.133. The van der Waals surface area contributed by atoms with Crippen LogP contribution in [0.15, 0.2) is 30.3 Å². The third-order valence-electron chi connectivity index (χ3n) is 6.42. The zero-order valence-corrected chi connectivity index (χ0v) is 19.1. The van der Waals surface area contributed by atoms with Gasteiger partial charge in [-0.1, -0.05) is 6.08 Å². The third-order valence-corrected chi connectivity index (χ3v) is 6.42. The number of benzene rings is 1. The van der Waals surface area contributed by atoms with E-state index in [4.69, 9.17) is 14.6 Å².